The Hall–Kier alpha value is -3.85. The maximum absolute atomic E-state index is 13.3. The lowest BCUT2D eigenvalue weighted by Crippen LogP contribution is -2.37. The van der Waals surface area contributed by atoms with Crippen LogP contribution in [0, 0.1) is 0 Å². The summed E-state index contributed by atoms with van der Waals surface area (Å²) in [5, 5.41) is 2.66. The Morgan fingerprint density at radius 2 is 1.73 bits per heavy atom. The zero-order valence-corrected chi connectivity index (χ0v) is 22.2. The Balaban J connectivity index is 1.62. The van der Waals surface area contributed by atoms with Crippen molar-refractivity contribution in [1.82, 2.24) is 18.7 Å². The summed E-state index contributed by atoms with van der Waals surface area (Å²) in [6, 6.07) is 9.49. The van der Waals surface area contributed by atoms with E-state index in [1.807, 2.05) is 0 Å². The fourth-order valence-corrected chi connectivity index (χ4v) is 4.66. The Kier molecular flexibility index (Phi) is 7.99. The van der Waals surface area contributed by atoms with Crippen LogP contribution in [0.4, 0.5) is 27.6 Å². The molecule has 0 fully saturated rings. The molecule has 40 heavy (non-hydrogen) atoms. The summed E-state index contributed by atoms with van der Waals surface area (Å²) in [7, 11) is 2.65. The zero-order chi connectivity index (χ0) is 29.4. The van der Waals surface area contributed by atoms with Gasteiger partial charge in [-0.3, -0.25) is 18.7 Å². The first-order chi connectivity index (χ1) is 18.6. The number of carbonyl (C=O) groups is 1. The van der Waals surface area contributed by atoms with Gasteiger partial charge in [0.15, 0.2) is 16.3 Å². The molecule has 0 bridgehead atoms. The van der Waals surface area contributed by atoms with Crippen molar-refractivity contribution in [2.24, 2.45) is 14.1 Å². The molecule has 0 spiro atoms. The minimum absolute atomic E-state index is 0.00494. The fraction of sp³-hybridized carbons (Fsp3) is 0.250. The third-order valence-electron chi connectivity index (χ3n) is 5.61. The standard InChI is InChI=1S/C24H19ClF5N5O4S/c1-33-19-18(20(37)34(2)22(33)38)35(11-13-4-3-5-14(10-13)23(26,27)28)21(32-19)40-12-17(36)31-15-6-8-16(9-7-15)39-24(25,29)30/h3-10H,11-12H2,1-2H3,(H,31,36). The lowest BCUT2D eigenvalue weighted by Gasteiger charge is -2.12. The number of aryl methyl sites for hydroxylation is 1. The highest BCUT2D eigenvalue weighted by molar-refractivity contribution is 7.99. The lowest BCUT2D eigenvalue weighted by atomic mass is 10.1. The molecule has 9 nitrogen and oxygen atoms in total. The van der Waals surface area contributed by atoms with E-state index in [1.165, 1.54) is 55.1 Å². The predicted molar refractivity (Wildman–Crippen MR) is 138 cm³/mol. The van der Waals surface area contributed by atoms with E-state index in [9.17, 15) is 36.3 Å². The SMILES string of the molecule is Cn1c(=O)c2c(nc(SCC(=O)Nc3ccc(OC(F)(F)Cl)cc3)n2Cc2cccc(C(F)(F)F)c2)n(C)c1=O. The largest absolute Gasteiger partial charge is 0.487 e. The van der Waals surface area contributed by atoms with Crippen LogP contribution in [0.3, 0.4) is 0 Å². The van der Waals surface area contributed by atoms with Crippen molar-refractivity contribution in [3.8, 4) is 5.75 Å². The summed E-state index contributed by atoms with van der Waals surface area (Å²) < 4.78 is 72.9. The van der Waals surface area contributed by atoms with Crippen molar-refractivity contribution in [2.45, 2.75) is 23.4 Å². The van der Waals surface area contributed by atoms with E-state index in [2.05, 4.69) is 15.0 Å². The second-order valence-corrected chi connectivity index (χ2v) is 9.85. The third kappa shape index (κ3) is 6.47. The number of hydrogen-bond acceptors (Lipinski definition) is 6. The molecule has 0 saturated carbocycles. The van der Waals surface area contributed by atoms with E-state index < -0.39 is 34.5 Å². The van der Waals surface area contributed by atoms with Gasteiger partial charge in [-0.1, -0.05) is 23.9 Å². The Morgan fingerprint density at radius 1 is 1.05 bits per heavy atom. The van der Waals surface area contributed by atoms with Gasteiger partial charge in [-0.25, -0.2) is 9.78 Å². The van der Waals surface area contributed by atoms with Crippen molar-refractivity contribution in [1.29, 1.82) is 0 Å². The minimum atomic E-state index is -4.59. The van der Waals surface area contributed by atoms with Gasteiger partial charge in [0.2, 0.25) is 5.91 Å². The number of hydrogen-bond donors (Lipinski definition) is 1. The van der Waals surface area contributed by atoms with Gasteiger partial charge in [-0.2, -0.15) is 13.2 Å². The highest BCUT2D eigenvalue weighted by atomic mass is 35.5. The second kappa shape index (κ2) is 11.0. The van der Waals surface area contributed by atoms with E-state index in [4.69, 9.17) is 11.6 Å². The Bertz CT molecular complexity index is 1690. The molecular formula is C24H19ClF5N5O4S. The van der Waals surface area contributed by atoms with E-state index in [1.54, 1.807) is 0 Å². The number of nitrogens with zero attached hydrogens (tertiary/aromatic N) is 4. The molecule has 4 aromatic rings. The molecule has 16 heteroatoms. The second-order valence-electron chi connectivity index (χ2n) is 8.47. The van der Waals surface area contributed by atoms with Crippen LogP contribution in [0.5, 0.6) is 5.75 Å². The number of alkyl halides is 6. The van der Waals surface area contributed by atoms with Crippen LogP contribution in [0.2, 0.25) is 0 Å². The molecule has 4 rings (SSSR count). The van der Waals surface area contributed by atoms with E-state index in [-0.39, 0.29) is 45.6 Å². The molecule has 0 saturated heterocycles. The van der Waals surface area contributed by atoms with Crippen LogP contribution in [0.15, 0.2) is 63.3 Å². The molecule has 0 atom stereocenters. The number of thioether (sulfide) groups is 1. The maximum Gasteiger partial charge on any atom is 0.487 e. The average Bonchev–Trinajstić information content (AvgIpc) is 3.23. The Morgan fingerprint density at radius 3 is 2.35 bits per heavy atom. The molecular weight excluding hydrogens is 585 g/mol. The van der Waals surface area contributed by atoms with Crippen molar-refractivity contribution >= 4 is 46.1 Å². The topological polar surface area (TPSA) is 100 Å². The van der Waals surface area contributed by atoms with Gasteiger partial charge >= 0.3 is 17.4 Å². The van der Waals surface area contributed by atoms with Gasteiger partial charge < -0.3 is 14.6 Å². The molecule has 2 aromatic carbocycles. The van der Waals surface area contributed by atoms with Gasteiger partial charge in [0.25, 0.3) is 5.56 Å². The zero-order valence-electron chi connectivity index (χ0n) is 20.6. The number of ether oxygens (including phenoxy) is 1. The molecule has 0 aliphatic carbocycles. The van der Waals surface area contributed by atoms with Crippen LogP contribution < -0.4 is 21.3 Å². The van der Waals surface area contributed by atoms with Crippen LogP contribution in [0.1, 0.15) is 11.1 Å². The van der Waals surface area contributed by atoms with Crippen LogP contribution >= 0.6 is 23.4 Å². The van der Waals surface area contributed by atoms with Crippen molar-refractivity contribution in [2.75, 3.05) is 11.1 Å². The molecule has 1 amide bonds. The lowest BCUT2D eigenvalue weighted by molar-refractivity contribution is -0.137. The number of amides is 1. The minimum Gasteiger partial charge on any atom is -0.420 e. The third-order valence-corrected chi connectivity index (χ3v) is 6.67. The van der Waals surface area contributed by atoms with Crippen molar-refractivity contribution < 1.29 is 31.5 Å². The number of nitrogens with one attached hydrogen (secondary N) is 1. The number of anilines is 1. The van der Waals surface area contributed by atoms with Gasteiger partial charge in [-0.15, -0.1) is 8.78 Å². The van der Waals surface area contributed by atoms with Crippen molar-refractivity contribution in [3.63, 3.8) is 0 Å². The van der Waals surface area contributed by atoms with E-state index in [0.29, 0.717) is 0 Å². The summed E-state index contributed by atoms with van der Waals surface area (Å²) in [5.74, 6) is -1.03. The van der Waals surface area contributed by atoms with Crippen LogP contribution in [0.25, 0.3) is 11.2 Å². The quantitative estimate of drug-likeness (QED) is 0.182. The van der Waals surface area contributed by atoms with Gasteiger partial charge in [-0.05, 0) is 42.0 Å². The number of carbonyl (C=O) groups excluding carboxylic acids is 1. The molecule has 2 aromatic heterocycles. The number of halogens is 6. The summed E-state index contributed by atoms with van der Waals surface area (Å²) >= 11 is 5.61. The number of rotatable bonds is 8. The van der Waals surface area contributed by atoms with Crippen molar-refractivity contribution in [3.05, 3.63) is 80.5 Å². The average molecular weight is 604 g/mol. The predicted octanol–water partition coefficient (Wildman–Crippen LogP) is 4.40. The van der Waals surface area contributed by atoms with Crippen LogP contribution in [-0.2, 0) is 31.6 Å². The van der Waals surface area contributed by atoms with Crippen LogP contribution in [-0.4, -0.2) is 35.9 Å². The number of fused-ring (bicyclic) bond motifs is 1. The molecule has 212 valence electrons. The monoisotopic (exact) mass is 603 g/mol. The molecule has 0 radical (unpaired) electrons. The van der Waals surface area contributed by atoms with E-state index in [0.717, 1.165) is 33.0 Å². The fourth-order valence-electron chi connectivity index (χ4n) is 3.78. The smallest absolute Gasteiger partial charge is 0.420 e. The van der Waals surface area contributed by atoms with Gasteiger partial charge in [0.05, 0.1) is 17.9 Å². The molecule has 2 heterocycles. The summed E-state index contributed by atoms with van der Waals surface area (Å²) in [6.45, 7) is -0.204. The summed E-state index contributed by atoms with van der Waals surface area (Å²) in [6.07, 6.45) is -4.59. The first-order valence-corrected chi connectivity index (χ1v) is 12.6. The summed E-state index contributed by atoms with van der Waals surface area (Å²) in [4.78, 5) is 42.4. The highest BCUT2D eigenvalue weighted by Crippen LogP contribution is 2.31. The molecule has 0 aliphatic heterocycles. The number of aromatic nitrogens is 4. The Labute approximate surface area is 231 Å². The van der Waals surface area contributed by atoms with E-state index >= 15 is 0 Å². The number of benzene rings is 2. The first kappa shape index (κ1) is 29.1. The normalized spacial score (nSPS) is 12.1. The van der Waals surface area contributed by atoms with Gasteiger partial charge in [0, 0.05) is 31.4 Å². The maximum atomic E-state index is 13.3. The molecule has 0 unspecified atom stereocenters. The summed E-state index contributed by atoms with van der Waals surface area (Å²) in [5.41, 5.74) is -5.72. The molecule has 1 N–H and O–H groups in total. The first-order valence-electron chi connectivity index (χ1n) is 11.2. The highest BCUT2D eigenvalue weighted by Gasteiger charge is 2.31. The number of imidazole rings is 1. The molecule has 0 aliphatic rings. The van der Waals surface area contributed by atoms with Gasteiger partial charge in [0.1, 0.15) is 5.75 Å².